The molecule has 2 rings (SSSR count). The molecule has 0 radical (unpaired) electrons. The van der Waals surface area contributed by atoms with Crippen molar-refractivity contribution < 1.29 is 13.2 Å². The van der Waals surface area contributed by atoms with Gasteiger partial charge in [-0.2, -0.15) is 0 Å². The summed E-state index contributed by atoms with van der Waals surface area (Å²) in [5.74, 6) is -0.182. The van der Waals surface area contributed by atoms with Gasteiger partial charge in [0, 0.05) is 12.3 Å². The van der Waals surface area contributed by atoms with Crippen LogP contribution in [-0.2, 0) is 20.0 Å². The van der Waals surface area contributed by atoms with Crippen molar-refractivity contribution in [2.45, 2.75) is 50.5 Å². The smallest absolute Gasteiger partial charge is 0.244 e. The van der Waals surface area contributed by atoms with Crippen LogP contribution in [0.5, 0.6) is 0 Å². The Kier molecular flexibility index (Phi) is 6.83. The minimum Gasteiger partial charge on any atom is -0.346 e. The molecule has 0 aliphatic rings. The van der Waals surface area contributed by atoms with Crippen LogP contribution in [0.3, 0.4) is 0 Å². The standard InChI is InChI=1S/C23H29NO3S/c1-6-21(18-10-14-20(15-11-18)28(5,26)27)24-22(25)16-9-17-7-12-19(13-8-17)23(2,3)4/h7-16,21H,6H2,1-5H3,(H,24,25)/b16-9+/t21-/m0/s1. The van der Waals surface area contributed by atoms with E-state index in [9.17, 15) is 13.2 Å². The number of hydrogen-bond acceptors (Lipinski definition) is 3. The topological polar surface area (TPSA) is 63.2 Å². The third-order valence-corrected chi connectivity index (χ3v) is 5.77. The molecule has 0 unspecified atom stereocenters. The second kappa shape index (κ2) is 8.74. The molecule has 0 saturated carbocycles. The molecule has 28 heavy (non-hydrogen) atoms. The molecule has 0 fully saturated rings. The minimum absolute atomic E-state index is 0.0978. The molecule has 2 aromatic carbocycles. The Bertz CT molecular complexity index is 935. The first-order valence-corrected chi connectivity index (χ1v) is 11.3. The van der Waals surface area contributed by atoms with Crippen LogP contribution < -0.4 is 5.32 Å². The van der Waals surface area contributed by atoms with E-state index in [0.29, 0.717) is 6.42 Å². The van der Waals surface area contributed by atoms with Crippen LogP contribution in [-0.4, -0.2) is 20.6 Å². The second-order valence-corrected chi connectivity index (χ2v) is 10.0. The summed E-state index contributed by atoms with van der Waals surface area (Å²) in [6.45, 7) is 8.47. The van der Waals surface area contributed by atoms with Gasteiger partial charge in [-0.05, 0) is 46.7 Å². The zero-order valence-corrected chi connectivity index (χ0v) is 18.0. The van der Waals surface area contributed by atoms with Gasteiger partial charge >= 0.3 is 0 Å². The lowest BCUT2D eigenvalue weighted by atomic mass is 9.87. The maximum Gasteiger partial charge on any atom is 0.244 e. The fraction of sp³-hybridized carbons (Fsp3) is 0.348. The predicted molar refractivity (Wildman–Crippen MR) is 115 cm³/mol. The molecule has 1 N–H and O–H groups in total. The molecule has 0 bridgehead atoms. The van der Waals surface area contributed by atoms with E-state index in [-0.39, 0.29) is 22.3 Å². The van der Waals surface area contributed by atoms with Gasteiger partial charge in [-0.15, -0.1) is 0 Å². The van der Waals surface area contributed by atoms with Gasteiger partial charge in [0.2, 0.25) is 5.91 Å². The largest absolute Gasteiger partial charge is 0.346 e. The van der Waals surface area contributed by atoms with Crippen molar-refractivity contribution in [1.82, 2.24) is 5.32 Å². The number of hydrogen-bond donors (Lipinski definition) is 1. The number of nitrogens with one attached hydrogen (secondary N) is 1. The number of rotatable bonds is 6. The molecule has 1 amide bonds. The Morgan fingerprint density at radius 3 is 2.07 bits per heavy atom. The third kappa shape index (κ3) is 6.06. The third-order valence-electron chi connectivity index (χ3n) is 4.64. The van der Waals surface area contributed by atoms with Gasteiger partial charge in [0.1, 0.15) is 0 Å². The summed E-state index contributed by atoms with van der Waals surface area (Å²) in [5.41, 5.74) is 3.19. The van der Waals surface area contributed by atoms with E-state index in [1.54, 1.807) is 30.3 Å². The maximum absolute atomic E-state index is 12.3. The average Bonchev–Trinajstić information content (AvgIpc) is 2.63. The average molecular weight is 400 g/mol. The molecule has 150 valence electrons. The van der Waals surface area contributed by atoms with E-state index >= 15 is 0 Å². The van der Waals surface area contributed by atoms with Crippen molar-refractivity contribution in [3.63, 3.8) is 0 Å². The highest BCUT2D eigenvalue weighted by Gasteiger charge is 2.14. The molecule has 0 aliphatic heterocycles. The van der Waals surface area contributed by atoms with E-state index in [1.807, 2.05) is 19.1 Å². The van der Waals surface area contributed by atoms with Gasteiger partial charge in [0.05, 0.1) is 10.9 Å². The Hall–Kier alpha value is -2.40. The van der Waals surface area contributed by atoms with Crippen molar-refractivity contribution >= 4 is 21.8 Å². The molecule has 0 saturated heterocycles. The Morgan fingerprint density at radius 1 is 1.04 bits per heavy atom. The minimum atomic E-state index is -3.23. The summed E-state index contributed by atoms with van der Waals surface area (Å²) >= 11 is 0. The number of carbonyl (C=O) groups is 1. The zero-order chi connectivity index (χ0) is 20.9. The maximum atomic E-state index is 12.3. The van der Waals surface area contributed by atoms with E-state index < -0.39 is 9.84 Å². The number of sulfone groups is 1. The fourth-order valence-electron chi connectivity index (χ4n) is 2.85. The Balaban J connectivity index is 2.04. The highest BCUT2D eigenvalue weighted by molar-refractivity contribution is 7.90. The lowest BCUT2D eigenvalue weighted by Gasteiger charge is -2.18. The highest BCUT2D eigenvalue weighted by atomic mass is 32.2. The highest BCUT2D eigenvalue weighted by Crippen LogP contribution is 2.22. The molecule has 5 heteroatoms. The normalized spacial score (nSPS) is 13.5. The second-order valence-electron chi connectivity index (χ2n) is 8.02. The zero-order valence-electron chi connectivity index (χ0n) is 17.2. The van der Waals surface area contributed by atoms with Crippen LogP contribution in [0, 0.1) is 0 Å². The molecular formula is C23H29NO3S. The van der Waals surface area contributed by atoms with E-state index in [2.05, 4.69) is 38.2 Å². The summed E-state index contributed by atoms with van der Waals surface area (Å²) in [6, 6.07) is 14.6. The quantitative estimate of drug-likeness (QED) is 0.718. The summed E-state index contributed by atoms with van der Waals surface area (Å²) in [6.07, 6.45) is 5.21. The number of amides is 1. The van der Waals surface area contributed by atoms with Crippen LogP contribution in [0.2, 0.25) is 0 Å². The molecule has 0 aromatic heterocycles. The van der Waals surface area contributed by atoms with Gasteiger partial charge in [-0.1, -0.05) is 64.1 Å². The van der Waals surface area contributed by atoms with Crippen molar-refractivity contribution in [1.29, 1.82) is 0 Å². The van der Waals surface area contributed by atoms with Crippen molar-refractivity contribution in [2.75, 3.05) is 6.26 Å². The number of carbonyl (C=O) groups excluding carboxylic acids is 1. The Labute approximate surface area is 168 Å². The molecular weight excluding hydrogens is 370 g/mol. The van der Waals surface area contributed by atoms with Crippen molar-refractivity contribution in [3.05, 3.63) is 71.3 Å². The van der Waals surface area contributed by atoms with E-state index in [4.69, 9.17) is 0 Å². The van der Waals surface area contributed by atoms with Gasteiger partial charge in [-0.3, -0.25) is 4.79 Å². The monoisotopic (exact) mass is 399 g/mol. The lowest BCUT2D eigenvalue weighted by Crippen LogP contribution is -2.26. The molecule has 1 atom stereocenters. The molecule has 2 aromatic rings. The molecule has 0 heterocycles. The molecule has 4 nitrogen and oxygen atoms in total. The van der Waals surface area contributed by atoms with Gasteiger partial charge in [0.25, 0.3) is 0 Å². The first kappa shape index (κ1) is 21.9. The van der Waals surface area contributed by atoms with Crippen LogP contribution >= 0.6 is 0 Å². The van der Waals surface area contributed by atoms with Gasteiger partial charge in [0.15, 0.2) is 9.84 Å². The number of benzene rings is 2. The first-order chi connectivity index (χ1) is 13.0. The summed E-state index contributed by atoms with van der Waals surface area (Å²) in [4.78, 5) is 12.6. The van der Waals surface area contributed by atoms with E-state index in [0.717, 1.165) is 11.1 Å². The first-order valence-electron chi connectivity index (χ1n) is 9.40. The summed E-state index contributed by atoms with van der Waals surface area (Å²) in [7, 11) is -3.23. The van der Waals surface area contributed by atoms with Gasteiger partial charge < -0.3 is 5.32 Å². The lowest BCUT2D eigenvalue weighted by molar-refractivity contribution is -0.117. The van der Waals surface area contributed by atoms with Crippen LogP contribution in [0.25, 0.3) is 6.08 Å². The van der Waals surface area contributed by atoms with Crippen molar-refractivity contribution in [2.24, 2.45) is 0 Å². The fourth-order valence-corrected chi connectivity index (χ4v) is 3.48. The summed E-state index contributed by atoms with van der Waals surface area (Å²) < 4.78 is 23.2. The molecule has 0 aliphatic carbocycles. The van der Waals surface area contributed by atoms with Crippen LogP contribution in [0.1, 0.15) is 56.8 Å². The van der Waals surface area contributed by atoms with Gasteiger partial charge in [-0.25, -0.2) is 8.42 Å². The van der Waals surface area contributed by atoms with Crippen LogP contribution in [0.4, 0.5) is 0 Å². The van der Waals surface area contributed by atoms with Crippen molar-refractivity contribution in [3.8, 4) is 0 Å². The predicted octanol–water partition coefficient (Wildman–Crippen LogP) is 4.67. The molecule has 0 spiro atoms. The van der Waals surface area contributed by atoms with E-state index in [1.165, 1.54) is 17.9 Å². The SMILES string of the molecule is CC[C@H](NC(=O)/C=C/c1ccc(C(C)(C)C)cc1)c1ccc(S(C)(=O)=O)cc1. The summed E-state index contributed by atoms with van der Waals surface area (Å²) in [5, 5.41) is 2.97. The Morgan fingerprint density at radius 2 is 1.61 bits per heavy atom. The van der Waals surface area contributed by atoms with Crippen LogP contribution in [0.15, 0.2) is 59.5 Å².